The number of benzene rings is 8. The van der Waals surface area contributed by atoms with Crippen LogP contribution in [-0.4, -0.2) is 4.57 Å². The molecule has 236 valence electrons. The Balaban J connectivity index is 1.31. The zero-order valence-corrected chi connectivity index (χ0v) is 27.9. The molecule has 10 rings (SSSR count). The summed E-state index contributed by atoms with van der Waals surface area (Å²) in [5, 5.41) is 7.62. The minimum atomic E-state index is -0.0814. The van der Waals surface area contributed by atoms with E-state index in [4.69, 9.17) is 0 Å². The van der Waals surface area contributed by atoms with Crippen LogP contribution in [0.25, 0.3) is 82.3 Å². The lowest BCUT2D eigenvalue weighted by Crippen LogP contribution is -2.19. The molecule has 50 heavy (non-hydrogen) atoms. The van der Waals surface area contributed by atoms with E-state index < -0.39 is 0 Å². The summed E-state index contributed by atoms with van der Waals surface area (Å²) in [6.07, 6.45) is 0. The molecule has 2 nitrogen and oxygen atoms in total. The number of nitrogens with zero attached hydrogens (tertiary/aromatic N) is 1. The summed E-state index contributed by atoms with van der Waals surface area (Å²) < 4.78 is 1.86. The molecular formula is C48H33NO. The molecule has 0 atom stereocenters. The lowest BCUT2D eigenvalue weighted by Gasteiger charge is -2.22. The molecular weight excluding hydrogens is 607 g/mol. The van der Waals surface area contributed by atoms with Gasteiger partial charge in [0.15, 0.2) is 0 Å². The minimum Gasteiger partial charge on any atom is -0.276 e. The Morgan fingerprint density at radius 3 is 1.66 bits per heavy atom. The third-order valence-electron chi connectivity index (χ3n) is 11.0. The van der Waals surface area contributed by atoms with Crippen molar-refractivity contribution in [2.75, 3.05) is 0 Å². The normalized spacial score (nSPS) is 13.2. The van der Waals surface area contributed by atoms with Crippen molar-refractivity contribution < 1.29 is 0 Å². The van der Waals surface area contributed by atoms with E-state index >= 15 is 0 Å². The summed E-state index contributed by atoms with van der Waals surface area (Å²) in [4.78, 5) is 14.0. The third kappa shape index (κ3) is 3.93. The van der Waals surface area contributed by atoms with Gasteiger partial charge in [-0.05, 0) is 102 Å². The molecule has 0 unspecified atom stereocenters. The van der Waals surface area contributed by atoms with Crippen LogP contribution in [0.5, 0.6) is 0 Å². The van der Waals surface area contributed by atoms with E-state index in [9.17, 15) is 4.79 Å². The molecule has 2 heteroatoms. The van der Waals surface area contributed by atoms with Crippen LogP contribution >= 0.6 is 0 Å². The van der Waals surface area contributed by atoms with Crippen molar-refractivity contribution in [3.8, 4) is 39.1 Å². The van der Waals surface area contributed by atoms with Gasteiger partial charge in [-0.1, -0.05) is 147 Å². The van der Waals surface area contributed by atoms with Gasteiger partial charge in [0.05, 0.1) is 5.52 Å². The Labute approximate surface area is 290 Å². The lowest BCUT2D eigenvalue weighted by atomic mass is 9.80. The maximum Gasteiger partial charge on any atom is 0.263 e. The van der Waals surface area contributed by atoms with Crippen LogP contribution < -0.4 is 5.56 Å². The van der Waals surface area contributed by atoms with Crippen molar-refractivity contribution >= 4 is 43.2 Å². The summed E-state index contributed by atoms with van der Waals surface area (Å²) in [5.74, 6) is 0. The Kier molecular flexibility index (Phi) is 6.11. The van der Waals surface area contributed by atoms with Gasteiger partial charge in [0.1, 0.15) is 0 Å². The average molecular weight is 640 g/mol. The molecule has 0 N–H and O–H groups in total. The summed E-state index contributed by atoms with van der Waals surface area (Å²) in [6, 6.07) is 58.1. The molecule has 0 bridgehead atoms. The van der Waals surface area contributed by atoms with Crippen LogP contribution in [0.4, 0.5) is 0 Å². The van der Waals surface area contributed by atoms with Crippen LogP contribution in [0.15, 0.2) is 169 Å². The maximum atomic E-state index is 14.0. The van der Waals surface area contributed by atoms with Gasteiger partial charge in [0.2, 0.25) is 0 Å². The second kappa shape index (κ2) is 10.6. The predicted molar refractivity (Wildman–Crippen MR) is 210 cm³/mol. The SMILES string of the molecule is CC1(C)c2ccccc2-c2c(-c3c4ccccc4c(-c4ccc5c(c4)c4ccccc4c(=O)n5-c4ccccc4)c4ccccc34)cccc21. The van der Waals surface area contributed by atoms with Gasteiger partial charge in [0.25, 0.3) is 5.56 Å². The third-order valence-corrected chi connectivity index (χ3v) is 11.0. The van der Waals surface area contributed by atoms with Gasteiger partial charge in [-0.3, -0.25) is 9.36 Å². The van der Waals surface area contributed by atoms with Crippen molar-refractivity contribution in [2.45, 2.75) is 19.3 Å². The van der Waals surface area contributed by atoms with Gasteiger partial charge >= 0.3 is 0 Å². The predicted octanol–water partition coefficient (Wildman–Crippen LogP) is 12.1. The molecule has 0 aliphatic heterocycles. The highest BCUT2D eigenvalue weighted by Gasteiger charge is 2.37. The zero-order valence-electron chi connectivity index (χ0n) is 27.9. The smallest absolute Gasteiger partial charge is 0.263 e. The average Bonchev–Trinajstić information content (AvgIpc) is 3.40. The van der Waals surface area contributed by atoms with Crippen molar-refractivity contribution in [1.82, 2.24) is 4.57 Å². The van der Waals surface area contributed by atoms with Gasteiger partial charge in [0, 0.05) is 21.9 Å². The van der Waals surface area contributed by atoms with Gasteiger partial charge in [-0.25, -0.2) is 0 Å². The molecule has 0 saturated carbocycles. The Morgan fingerprint density at radius 1 is 0.420 bits per heavy atom. The highest BCUT2D eigenvalue weighted by Crippen LogP contribution is 2.54. The molecule has 1 aliphatic carbocycles. The van der Waals surface area contributed by atoms with E-state index in [1.807, 2.05) is 53.1 Å². The quantitative estimate of drug-likeness (QED) is 0.139. The Bertz CT molecular complexity index is 2860. The first-order valence-electron chi connectivity index (χ1n) is 17.3. The molecule has 0 amide bonds. The van der Waals surface area contributed by atoms with Gasteiger partial charge in [-0.2, -0.15) is 0 Å². The van der Waals surface area contributed by atoms with E-state index in [0.717, 1.165) is 27.5 Å². The number of para-hydroxylation sites is 1. The topological polar surface area (TPSA) is 22.0 Å². The summed E-state index contributed by atoms with van der Waals surface area (Å²) in [5.41, 5.74) is 12.0. The number of aromatic nitrogens is 1. The van der Waals surface area contributed by atoms with E-state index in [2.05, 4.69) is 129 Å². The van der Waals surface area contributed by atoms with Crippen LogP contribution in [0.2, 0.25) is 0 Å². The first-order valence-corrected chi connectivity index (χ1v) is 17.3. The molecule has 0 fully saturated rings. The molecule has 8 aromatic carbocycles. The van der Waals surface area contributed by atoms with E-state index in [1.54, 1.807) is 0 Å². The van der Waals surface area contributed by atoms with Crippen LogP contribution in [0.1, 0.15) is 25.0 Å². The molecule has 0 saturated heterocycles. The second-order valence-corrected chi connectivity index (χ2v) is 14.0. The minimum absolute atomic E-state index is 0.00699. The summed E-state index contributed by atoms with van der Waals surface area (Å²) in [7, 11) is 0. The fraction of sp³-hybridized carbons (Fsp3) is 0.0625. The van der Waals surface area contributed by atoms with Gasteiger partial charge < -0.3 is 0 Å². The number of rotatable bonds is 3. The number of pyridine rings is 1. The van der Waals surface area contributed by atoms with Crippen molar-refractivity contribution in [3.63, 3.8) is 0 Å². The monoisotopic (exact) mass is 639 g/mol. The van der Waals surface area contributed by atoms with Crippen LogP contribution in [0, 0.1) is 0 Å². The molecule has 9 aromatic rings. The largest absolute Gasteiger partial charge is 0.276 e. The van der Waals surface area contributed by atoms with Gasteiger partial charge in [-0.15, -0.1) is 0 Å². The van der Waals surface area contributed by atoms with E-state index in [0.29, 0.717) is 5.39 Å². The fourth-order valence-corrected chi connectivity index (χ4v) is 8.76. The summed E-state index contributed by atoms with van der Waals surface area (Å²) >= 11 is 0. The van der Waals surface area contributed by atoms with Crippen LogP contribution in [-0.2, 0) is 5.41 Å². The van der Waals surface area contributed by atoms with Crippen molar-refractivity contribution in [3.05, 3.63) is 185 Å². The van der Waals surface area contributed by atoms with Crippen molar-refractivity contribution in [2.24, 2.45) is 0 Å². The molecule has 1 aliphatic rings. The van der Waals surface area contributed by atoms with Crippen molar-refractivity contribution in [1.29, 1.82) is 0 Å². The Morgan fingerprint density at radius 2 is 0.960 bits per heavy atom. The number of fused-ring (bicyclic) bond motifs is 8. The molecule has 1 aromatic heterocycles. The van der Waals surface area contributed by atoms with Crippen LogP contribution in [0.3, 0.4) is 0 Å². The molecule has 0 radical (unpaired) electrons. The zero-order chi connectivity index (χ0) is 33.6. The Hall–Kier alpha value is -6.25. The molecule has 1 heterocycles. The fourth-order valence-electron chi connectivity index (χ4n) is 8.76. The molecule has 0 spiro atoms. The first-order chi connectivity index (χ1) is 24.5. The van der Waals surface area contributed by atoms with E-state index in [1.165, 1.54) is 60.5 Å². The highest BCUT2D eigenvalue weighted by molar-refractivity contribution is 6.23. The maximum absolute atomic E-state index is 14.0. The highest BCUT2D eigenvalue weighted by atomic mass is 16.1. The number of hydrogen-bond acceptors (Lipinski definition) is 1. The lowest BCUT2D eigenvalue weighted by molar-refractivity contribution is 0.660. The van der Waals surface area contributed by atoms with E-state index in [-0.39, 0.29) is 11.0 Å². The summed E-state index contributed by atoms with van der Waals surface area (Å²) in [6.45, 7) is 4.70. The number of hydrogen-bond donors (Lipinski definition) is 0. The second-order valence-electron chi connectivity index (χ2n) is 14.0. The first kappa shape index (κ1) is 28.7. The standard InChI is InChI=1S/C48H33NO/c1-48(2)41-25-13-12-23-38(41)46-39(24-14-26-42(46)48)45-35-20-9-7-18-33(35)44(34-19-8-10-21-36(34)45)30-27-28-43-40(29-30)32-17-6-11-22-37(32)47(50)49(43)31-15-4-3-5-16-31/h3-29H,1-2H3.